The Labute approximate surface area is 202 Å². The molecule has 1 unspecified atom stereocenters. The maximum Gasteiger partial charge on any atom is 0.116 e. The Morgan fingerprint density at radius 3 is 2.45 bits per heavy atom. The molecule has 0 radical (unpaired) electrons. The second kappa shape index (κ2) is 9.27. The number of aliphatic hydroxyl groups excluding tert-OH is 1. The van der Waals surface area contributed by atoms with Gasteiger partial charge in [-0.25, -0.2) is 4.98 Å². The second-order valence-corrected chi connectivity index (χ2v) is 10.1. The highest BCUT2D eigenvalue weighted by atomic mass is 32.2. The van der Waals surface area contributed by atoms with Gasteiger partial charge in [0.15, 0.2) is 0 Å². The molecule has 0 amide bonds. The largest absolute Gasteiger partial charge is 0.511 e. The van der Waals surface area contributed by atoms with Gasteiger partial charge in [0.05, 0.1) is 21.4 Å². The third kappa shape index (κ3) is 4.59. The molecular weight excluding hydrogens is 444 g/mol. The molecule has 1 fully saturated rings. The van der Waals surface area contributed by atoms with E-state index in [0.717, 1.165) is 45.7 Å². The van der Waals surface area contributed by atoms with E-state index >= 15 is 0 Å². The fourth-order valence-corrected chi connectivity index (χ4v) is 5.66. The lowest BCUT2D eigenvalue weighted by atomic mass is 10.00. The number of thiophene rings is 1. The molecule has 5 rings (SSSR count). The minimum Gasteiger partial charge on any atom is -0.511 e. The number of rotatable bonds is 6. The van der Waals surface area contributed by atoms with Crippen LogP contribution in [0.1, 0.15) is 34.8 Å². The molecule has 1 saturated carbocycles. The Kier molecular flexibility index (Phi) is 6.04. The average Bonchev–Trinajstić information content (AvgIpc) is 3.56. The summed E-state index contributed by atoms with van der Waals surface area (Å²) < 4.78 is 0. The molecule has 0 bridgehead atoms. The number of aryl methyl sites for hydroxylation is 1. The van der Waals surface area contributed by atoms with Crippen molar-refractivity contribution < 1.29 is 5.11 Å². The van der Waals surface area contributed by atoms with Crippen LogP contribution in [-0.2, 0) is 0 Å². The van der Waals surface area contributed by atoms with Crippen LogP contribution in [-0.4, -0.2) is 10.1 Å². The number of aliphatic hydroxyl groups is 1. The van der Waals surface area contributed by atoms with E-state index in [-0.39, 0.29) is 5.25 Å². The molecule has 4 aromatic rings. The van der Waals surface area contributed by atoms with Crippen LogP contribution < -0.4 is 0 Å². The van der Waals surface area contributed by atoms with Crippen molar-refractivity contribution in [1.82, 2.24) is 4.98 Å². The van der Waals surface area contributed by atoms with Gasteiger partial charge in [0.1, 0.15) is 16.9 Å². The van der Waals surface area contributed by atoms with Crippen molar-refractivity contribution in [2.45, 2.75) is 30.0 Å². The Bertz CT molecular complexity index is 1350. The first-order valence-corrected chi connectivity index (χ1v) is 12.6. The van der Waals surface area contributed by atoms with Crippen molar-refractivity contribution in [2.75, 3.05) is 0 Å². The molecule has 0 spiro atoms. The highest BCUT2D eigenvalue weighted by molar-refractivity contribution is 7.99. The first-order valence-electron chi connectivity index (χ1n) is 10.8. The number of thioether (sulfide) groups is 1. The lowest BCUT2D eigenvalue weighted by Crippen LogP contribution is -2.02. The SMILES string of the molecule is Cc1ccc(-c2cc(-c3cccs3)nc(SC(C(O)=C3CC3)c3ccccc3)c2C#N)cc1. The van der Waals surface area contributed by atoms with Gasteiger partial charge in [-0.1, -0.05) is 78.0 Å². The molecule has 2 aromatic carbocycles. The van der Waals surface area contributed by atoms with Gasteiger partial charge in [-0.15, -0.1) is 11.3 Å². The van der Waals surface area contributed by atoms with Crippen molar-refractivity contribution in [1.29, 1.82) is 5.26 Å². The molecule has 0 aliphatic heterocycles. The van der Waals surface area contributed by atoms with Gasteiger partial charge in [-0.2, -0.15) is 5.26 Å². The summed E-state index contributed by atoms with van der Waals surface area (Å²) in [6, 6.07) is 26.7. The van der Waals surface area contributed by atoms with Crippen molar-refractivity contribution in [2.24, 2.45) is 0 Å². The predicted molar refractivity (Wildman–Crippen MR) is 136 cm³/mol. The van der Waals surface area contributed by atoms with Crippen LogP contribution in [0.4, 0.5) is 0 Å². The topological polar surface area (TPSA) is 56.9 Å². The van der Waals surface area contributed by atoms with Crippen molar-refractivity contribution in [3.8, 4) is 27.8 Å². The van der Waals surface area contributed by atoms with E-state index in [0.29, 0.717) is 16.3 Å². The highest BCUT2D eigenvalue weighted by Crippen LogP contribution is 2.47. The predicted octanol–water partition coefficient (Wildman–Crippen LogP) is 8.10. The quantitative estimate of drug-likeness (QED) is 0.230. The fourth-order valence-electron chi connectivity index (χ4n) is 3.75. The van der Waals surface area contributed by atoms with Crippen LogP contribution in [0, 0.1) is 18.3 Å². The second-order valence-electron chi connectivity index (χ2n) is 8.09. The number of hydrogen-bond acceptors (Lipinski definition) is 5. The van der Waals surface area contributed by atoms with E-state index in [2.05, 4.69) is 37.3 Å². The highest BCUT2D eigenvalue weighted by Gasteiger charge is 2.28. The van der Waals surface area contributed by atoms with Crippen LogP contribution >= 0.6 is 23.1 Å². The number of allylic oxidation sites excluding steroid dienone is 1. The van der Waals surface area contributed by atoms with Gasteiger partial charge >= 0.3 is 0 Å². The van der Waals surface area contributed by atoms with Gasteiger partial charge in [0.2, 0.25) is 0 Å². The monoisotopic (exact) mass is 466 g/mol. The number of benzene rings is 2. The van der Waals surface area contributed by atoms with Gasteiger partial charge in [-0.3, -0.25) is 0 Å². The van der Waals surface area contributed by atoms with E-state index in [4.69, 9.17) is 4.98 Å². The third-order valence-corrected chi connectivity index (χ3v) is 7.82. The molecule has 3 nitrogen and oxygen atoms in total. The summed E-state index contributed by atoms with van der Waals surface area (Å²) in [5.41, 5.74) is 6.49. The molecule has 162 valence electrons. The zero-order chi connectivity index (χ0) is 22.8. The third-order valence-electron chi connectivity index (χ3n) is 5.68. The average molecular weight is 467 g/mol. The summed E-state index contributed by atoms with van der Waals surface area (Å²) in [4.78, 5) is 5.99. The minimum absolute atomic E-state index is 0.298. The molecule has 1 atom stereocenters. The zero-order valence-corrected chi connectivity index (χ0v) is 19.8. The minimum atomic E-state index is -0.298. The summed E-state index contributed by atoms with van der Waals surface area (Å²) in [6.45, 7) is 2.05. The van der Waals surface area contributed by atoms with E-state index < -0.39 is 0 Å². The van der Waals surface area contributed by atoms with Crippen molar-refractivity contribution >= 4 is 23.1 Å². The van der Waals surface area contributed by atoms with Gasteiger partial charge < -0.3 is 5.11 Å². The van der Waals surface area contributed by atoms with Crippen LogP contribution in [0.25, 0.3) is 21.7 Å². The Morgan fingerprint density at radius 2 is 1.82 bits per heavy atom. The number of hydrogen-bond donors (Lipinski definition) is 1. The van der Waals surface area contributed by atoms with E-state index in [1.165, 1.54) is 17.3 Å². The van der Waals surface area contributed by atoms with Crippen LogP contribution in [0.2, 0.25) is 0 Å². The molecule has 5 heteroatoms. The first-order chi connectivity index (χ1) is 16.1. The summed E-state index contributed by atoms with van der Waals surface area (Å²) in [6.07, 6.45) is 1.86. The van der Waals surface area contributed by atoms with E-state index in [9.17, 15) is 10.4 Å². The summed E-state index contributed by atoms with van der Waals surface area (Å²) in [5, 5.41) is 23.6. The lowest BCUT2D eigenvalue weighted by Gasteiger charge is -2.19. The van der Waals surface area contributed by atoms with E-state index in [1.807, 2.05) is 53.9 Å². The standard InChI is InChI=1S/C28H22N2OS2/c1-18-9-11-19(12-10-18)22-16-24(25-8-5-15-32-25)30-28(23(22)17-29)33-27(26(31)20-13-14-20)21-6-3-2-4-7-21/h2-12,15-16,27,31H,13-14H2,1H3. The molecule has 1 aliphatic rings. The molecule has 0 saturated heterocycles. The molecule has 33 heavy (non-hydrogen) atoms. The Balaban J connectivity index is 1.68. The van der Waals surface area contributed by atoms with Crippen molar-refractivity contribution in [3.05, 3.63) is 106 Å². The zero-order valence-electron chi connectivity index (χ0n) is 18.2. The van der Waals surface area contributed by atoms with Gasteiger partial charge in [0.25, 0.3) is 0 Å². The number of nitriles is 1. The maximum absolute atomic E-state index is 11.0. The summed E-state index contributed by atoms with van der Waals surface area (Å²) in [5.74, 6) is 0.398. The van der Waals surface area contributed by atoms with Gasteiger partial charge in [0, 0.05) is 5.56 Å². The van der Waals surface area contributed by atoms with Crippen LogP contribution in [0.15, 0.2) is 94.5 Å². The Hall–Kier alpha value is -3.33. The number of aromatic nitrogens is 1. The number of nitrogens with zero attached hydrogens (tertiary/aromatic N) is 2. The molecule has 1 N–H and O–H groups in total. The molecule has 1 aliphatic carbocycles. The smallest absolute Gasteiger partial charge is 0.116 e. The summed E-state index contributed by atoms with van der Waals surface area (Å²) in [7, 11) is 0. The molecule has 2 aromatic heterocycles. The van der Waals surface area contributed by atoms with E-state index in [1.54, 1.807) is 11.3 Å². The van der Waals surface area contributed by atoms with Crippen LogP contribution in [0.5, 0.6) is 0 Å². The maximum atomic E-state index is 11.0. The van der Waals surface area contributed by atoms with Crippen LogP contribution in [0.3, 0.4) is 0 Å². The lowest BCUT2D eigenvalue weighted by molar-refractivity contribution is 0.392. The molecule has 2 heterocycles. The normalized spacial score (nSPS) is 13.4. The molecular formula is C28H22N2OS2. The number of pyridine rings is 1. The first kappa shape index (κ1) is 21.5. The van der Waals surface area contributed by atoms with Gasteiger partial charge in [-0.05, 0) is 54.0 Å². The Morgan fingerprint density at radius 1 is 1.06 bits per heavy atom. The van der Waals surface area contributed by atoms with Crippen molar-refractivity contribution in [3.63, 3.8) is 0 Å². The summed E-state index contributed by atoms with van der Waals surface area (Å²) >= 11 is 3.08. The fraction of sp³-hybridized carbons (Fsp3) is 0.143.